The van der Waals surface area contributed by atoms with Crippen molar-refractivity contribution in [1.82, 2.24) is 15.5 Å². The summed E-state index contributed by atoms with van der Waals surface area (Å²) in [7, 11) is 1.98. The number of thioether (sulfide) groups is 1. The molecule has 218 valence electrons. The van der Waals surface area contributed by atoms with Crippen molar-refractivity contribution in [3.05, 3.63) is 46.6 Å². The molecular weight excluding hydrogens is 520 g/mol. The molecule has 4 aliphatic heterocycles. The highest BCUT2D eigenvalue weighted by Gasteiger charge is 2.42. The van der Waals surface area contributed by atoms with Crippen molar-refractivity contribution >= 4 is 41.6 Å². The third-order valence-electron chi connectivity index (χ3n) is 7.44. The van der Waals surface area contributed by atoms with Crippen molar-refractivity contribution in [3.63, 3.8) is 0 Å². The van der Waals surface area contributed by atoms with Crippen molar-refractivity contribution in [3.8, 4) is 0 Å². The number of hydrogen-bond donors (Lipinski definition) is 2. The lowest BCUT2D eigenvalue weighted by Gasteiger charge is -2.30. The molecule has 0 spiro atoms. The Morgan fingerprint density at radius 3 is 2.58 bits per heavy atom. The Morgan fingerprint density at radius 1 is 1.23 bits per heavy atom. The van der Waals surface area contributed by atoms with Crippen molar-refractivity contribution in [2.75, 3.05) is 51.2 Å². The summed E-state index contributed by atoms with van der Waals surface area (Å²) >= 11 is 1.44. The van der Waals surface area contributed by atoms with E-state index >= 15 is 0 Å². The standard InChI is InChI=1S/C23H27N5O2S.C6H13N.C2H6/c1-15(29)20-21(30)17(14-25-3)22(26-10-12-27-11-6-7-16(27)13-24-2)28-18-8-4-5-9-19(18)31-23(20)28;1-6-2-4-7-5-3-6;1-2/h4-5,8-9,14,16,24H,3,6-7,10-13H2,1-2H3;6-7H,2-5H2,1H3;1-2H3/b17-14-,26-22?;;. The van der Waals surface area contributed by atoms with Gasteiger partial charge in [-0.1, -0.05) is 44.7 Å². The topological polar surface area (TPSA) is 89.4 Å². The molecule has 1 aromatic rings. The number of aliphatic imine (C=N–C) groups is 2. The number of hydrogen-bond acceptors (Lipinski definition) is 8. The quantitative estimate of drug-likeness (QED) is 0.281. The highest BCUT2D eigenvalue weighted by atomic mass is 32.2. The first-order chi connectivity index (χ1) is 19.5. The van der Waals surface area contributed by atoms with Gasteiger partial charge in [0.1, 0.15) is 10.9 Å². The zero-order valence-corrected chi connectivity index (χ0v) is 25.6. The summed E-state index contributed by atoms with van der Waals surface area (Å²) in [5.74, 6) is 0.922. The summed E-state index contributed by atoms with van der Waals surface area (Å²) < 4.78 is 0. The molecule has 0 aromatic heterocycles. The Balaban J connectivity index is 0.000000422. The molecule has 40 heavy (non-hydrogen) atoms. The predicted octanol–water partition coefficient (Wildman–Crippen LogP) is 4.68. The van der Waals surface area contributed by atoms with Gasteiger partial charge in [-0.25, -0.2) is 0 Å². The van der Waals surface area contributed by atoms with E-state index in [1.54, 1.807) is 0 Å². The van der Waals surface area contributed by atoms with E-state index in [-0.39, 0.29) is 17.1 Å². The molecule has 2 saturated heterocycles. The maximum atomic E-state index is 13.2. The highest BCUT2D eigenvalue weighted by Crippen LogP contribution is 2.50. The van der Waals surface area contributed by atoms with Crippen molar-refractivity contribution in [2.45, 2.75) is 64.3 Å². The first-order valence-electron chi connectivity index (χ1n) is 14.6. The summed E-state index contributed by atoms with van der Waals surface area (Å²) in [4.78, 5) is 39.7. The fourth-order valence-electron chi connectivity index (χ4n) is 5.40. The molecule has 1 aromatic carbocycles. The maximum absolute atomic E-state index is 13.2. The molecule has 8 nitrogen and oxygen atoms in total. The fourth-order valence-corrected chi connectivity index (χ4v) is 6.63. The molecule has 0 aliphatic carbocycles. The third kappa shape index (κ3) is 7.57. The number of allylic oxidation sites excluding steroid dienone is 1. The summed E-state index contributed by atoms with van der Waals surface area (Å²) in [6.45, 7) is 17.2. The summed E-state index contributed by atoms with van der Waals surface area (Å²) in [6.07, 6.45) is 6.55. The van der Waals surface area contributed by atoms with Crippen LogP contribution in [0.1, 0.15) is 53.4 Å². The van der Waals surface area contributed by atoms with Gasteiger partial charge in [0.2, 0.25) is 5.78 Å². The van der Waals surface area contributed by atoms with Crippen molar-refractivity contribution < 1.29 is 9.59 Å². The zero-order chi connectivity index (χ0) is 29.1. The van der Waals surface area contributed by atoms with Gasteiger partial charge < -0.3 is 10.6 Å². The number of rotatable bonds is 7. The van der Waals surface area contributed by atoms with Gasteiger partial charge in [-0.15, -0.1) is 0 Å². The molecule has 2 N–H and O–H groups in total. The van der Waals surface area contributed by atoms with Gasteiger partial charge in [0.15, 0.2) is 5.78 Å². The van der Waals surface area contributed by atoms with Gasteiger partial charge in [-0.2, -0.15) is 0 Å². The molecule has 1 unspecified atom stereocenters. The van der Waals surface area contributed by atoms with Crippen LogP contribution in [0.2, 0.25) is 0 Å². The van der Waals surface area contributed by atoms with Crippen LogP contribution in [0.3, 0.4) is 0 Å². The van der Waals surface area contributed by atoms with Crippen LogP contribution in [0.5, 0.6) is 0 Å². The number of likely N-dealkylation sites (N-methyl/N-ethyl adjacent to an activating group) is 1. The van der Waals surface area contributed by atoms with Gasteiger partial charge in [-0.05, 0) is 84.1 Å². The minimum atomic E-state index is -0.334. The molecule has 0 bridgehead atoms. The van der Waals surface area contributed by atoms with Crippen LogP contribution in [0.25, 0.3) is 0 Å². The molecule has 0 saturated carbocycles. The van der Waals surface area contributed by atoms with E-state index in [1.807, 2.05) is 50.1 Å². The van der Waals surface area contributed by atoms with Crippen LogP contribution < -0.4 is 15.5 Å². The highest BCUT2D eigenvalue weighted by molar-refractivity contribution is 8.04. The second-order valence-electron chi connectivity index (χ2n) is 10.2. The van der Waals surface area contributed by atoms with Crippen LogP contribution >= 0.6 is 11.8 Å². The minimum Gasteiger partial charge on any atom is -0.318 e. The third-order valence-corrected chi connectivity index (χ3v) is 8.59. The molecule has 0 radical (unpaired) electrons. The number of ketones is 2. The second kappa shape index (κ2) is 16.0. The number of fused-ring (bicyclic) bond motifs is 3. The zero-order valence-electron chi connectivity index (χ0n) is 24.8. The average Bonchev–Trinajstić information content (AvgIpc) is 3.56. The molecule has 4 aliphatic rings. The molecule has 9 heteroatoms. The van der Waals surface area contributed by atoms with Crippen molar-refractivity contribution in [1.29, 1.82) is 0 Å². The fraction of sp³-hybridized carbons (Fsp3) is 0.548. The smallest absolute Gasteiger partial charge is 0.204 e. The average molecular weight is 567 g/mol. The summed E-state index contributed by atoms with van der Waals surface area (Å²) in [5, 5.41) is 7.21. The number of anilines is 1. The SMILES string of the molecule is C=N/C=C1/C(=O)C(C(C)=O)=C2Sc3ccccc3N2C1=NCCN1CCCC1CNC.CC.CC1CCNCC1. The van der Waals surface area contributed by atoms with Gasteiger partial charge in [0.25, 0.3) is 0 Å². The van der Waals surface area contributed by atoms with Gasteiger partial charge in [-0.3, -0.25) is 29.4 Å². The Morgan fingerprint density at radius 2 is 1.95 bits per heavy atom. The number of nitrogens with one attached hydrogen (secondary N) is 2. The molecule has 2 fully saturated rings. The Labute approximate surface area is 244 Å². The van der Waals surface area contributed by atoms with Crippen LogP contribution in [-0.4, -0.2) is 81.4 Å². The number of Topliss-reactive ketones (excluding diaryl/α,β-unsaturated/α-hetero) is 2. The largest absolute Gasteiger partial charge is 0.318 e. The van der Waals surface area contributed by atoms with E-state index in [0.717, 1.165) is 36.1 Å². The van der Waals surface area contributed by atoms with Gasteiger partial charge in [0.05, 0.1) is 23.4 Å². The van der Waals surface area contributed by atoms with Crippen LogP contribution in [0, 0.1) is 5.92 Å². The van der Waals surface area contributed by atoms with E-state index in [2.05, 4.69) is 34.2 Å². The molecule has 0 amide bonds. The van der Waals surface area contributed by atoms with Gasteiger partial charge in [0, 0.05) is 30.2 Å². The summed E-state index contributed by atoms with van der Waals surface area (Å²) in [5.41, 5.74) is 1.43. The van der Waals surface area contributed by atoms with Crippen LogP contribution in [0.15, 0.2) is 61.5 Å². The number of amidine groups is 1. The lowest BCUT2D eigenvalue weighted by molar-refractivity contribution is -0.118. The Kier molecular flexibility index (Phi) is 12.8. The predicted molar refractivity (Wildman–Crippen MR) is 169 cm³/mol. The number of piperidine rings is 1. The normalized spacial score (nSPS) is 22.9. The minimum absolute atomic E-state index is 0.184. The molecular formula is C31H46N6O2S. The first kappa shape index (κ1) is 31.9. The number of carbonyl (C=O) groups excluding carboxylic acids is 2. The van der Waals surface area contributed by atoms with E-state index < -0.39 is 0 Å². The second-order valence-corrected chi connectivity index (χ2v) is 11.3. The lowest BCUT2D eigenvalue weighted by Crippen LogP contribution is -2.41. The first-order valence-corrected chi connectivity index (χ1v) is 15.4. The van der Waals surface area contributed by atoms with Crippen molar-refractivity contribution in [2.24, 2.45) is 15.9 Å². The lowest BCUT2D eigenvalue weighted by atomic mass is 9.96. The van der Waals surface area contributed by atoms with Crippen LogP contribution in [-0.2, 0) is 9.59 Å². The van der Waals surface area contributed by atoms with E-state index in [0.29, 0.717) is 29.0 Å². The number of likely N-dealkylation sites (tertiary alicyclic amines) is 1. The van der Waals surface area contributed by atoms with Crippen LogP contribution in [0.4, 0.5) is 5.69 Å². The number of para-hydroxylation sites is 1. The molecule has 5 rings (SSSR count). The number of nitrogens with zero attached hydrogens (tertiary/aromatic N) is 4. The van der Waals surface area contributed by atoms with Gasteiger partial charge >= 0.3 is 0 Å². The van der Waals surface area contributed by atoms with E-state index in [1.165, 1.54) is 63.7 Å². The number of benzene rings is 1. The summed E-state index contributed by atoms with van der Waals surface area (Å²) in [6, 6.07) is 8.40. The monoisotopic (exact) mass is 566 g/mol. The molecule has 4 heterocycles. The Hall–Kier alpha value is -2.59. The van der Waals surface area contributed by atoms with E-state index in [4.69, 9.17) is 4.99 Å². The number of carbonyl (C=O) groups is 2. The Bertz CT molecular complexity index is 1140. The molecule has 1 atom stereocenters. The maximum Gasteiger partial charge on any atom is 0.204 e. The van der Waals surface area contributed by atoms with E-state index in [9.17, 15) is 9.59 Å².